The first-order valence-electron chi connectivity index (χ1n) is 14.0. The number of aliphatic hydroxyl groups is 1. The van der Waals surface area contributed by atoms with Crippen LogP contribution in [0.5, 0.6) is 0 Å². The topological polar surface area (TPSA) is 99.6 Å². The number of rotatable bonds is 14. The normalized spacial score (nSPS) is 31.2. The highest BCUT2D eigenvalue weighted by molar-refractivity contribution is 8.02. The number of unbranched alkanes of at least 4 members (excludes halogenated alkanes) is 1. The first-order valence-corrected chi connectivity index (χ1v) is 14.9. The maximum absolute atomic E-state index is 14.4. The van der Waals surface area contributed by atoms with Gasteiger partial charge in [0, 0.05) is 38.0 Å². The van der Waals surface area contributed by atoms with Crippen LogP contribution >= 0.6 is 11.8 Å². The van der Waals surface area contributed by atoms with Crippen LogP contribution in [0.3, 0.4) is 0 Å². The van der Waals surface area contributed by atoms with Crippen molar-refractivity contribution in [1.29, 1.82) is 0 Å². The van der Waals surface area contributed by atoms with Crippen LogP contribution in [0.1, 0.15) is 39.0 Å². The SMILES string of the molecule is C=CCCCOC(=O)[C@@H]1[C@@H]2CCC3(S2)C(C(=O)N(CC=C)CCN2CCOCC2)N([C@@H](CC)CO)C(=O)[C@H]13. The summed E-state index contributed by atoms with van der Waals surface area (Å²) in [4.78, 5) is 47.4. The minimum atomic E-state index is -0.727. The zero-order chi connectivity index (χ0) is 27.3. The molecule has 6 atom stereocenters. The Balaban J connectivity index is 1.61. The van der Waals surface area contributed by atoms with Crippen LogP contribution in [0.25, 0.3) is 0 Å². The second kappa shape index (κ2) is 13.0. The summed E-state index contributed by atoms with van der Waals surface area (Å²) < 4.78 is 10.4. The summed E-state index contributed by atoms with van der Waals surface area (Å²) in [7, 11) is 0. The Morgan fingerprint density at radius 3 is 2.74 bits per heavy atom. The number of fused-ring (bicyclic) bond motifs is 1. The van der Waals surface area contributed by atoms with Crippen LogP contribution in [-0.4, -0.2) is 119 Å². The first kappa shape index (κ1) is 29.1. The summed E-state index contributed by atoms with van der Waals surface area (Å²) in [5, 5.41) is 10.2. The van der Waals surface area contributed by atoms with Crippen molar-refractivity contribution >= 4 is 29.5 Å². The molecule has 10 heteroatoms. The van der Waals surface area contributed by atoms with Crippen LogP contribution in [-0.2, 0) is 23.9 Å². The van der Waals surface area contributed by atoms with Gasteiger partial charge in [0.15, 0.2) is 0 Å². The van der Waals surface area contributed by atoms with Gasteiger partial charge < -0.3 is 24.4 Å². The lowest BCUT2D eigenvalue weighted by molar-refractivity contribution is -0.154. The number of morpholine rings is 1. The molecule has 1 N–H and O–H groups in total. The van der Waals surface area contributed by atoms with E-state index in [0.717, 1.165) is 25.9 Å². The zero-order valence-electron chi connectivity index (χ0n) is 22.6. The minimum Gasteiger partial charge on any atom is -0.465 e. The van der Waals surface area contributed by atoms with Crippen molar-refractivity contribution in [2.75, 3.05) is 59.2 Å². The number of nitrogens with zero attached hydrogens (tertiary/aromatic N) is 3. The van der Waals surface area contributed by atoms with Crippen molar-refractivity contribution in [1.82, 2.24) is 14.7 Å². The van der Waals surface area contributed by atoms with E-state index in [1.54, 1.807) is 33.7 Å². The predicted molar refractivity (Wildman–Crippen MR) is 147 cm³/mol. The summed E-state index contributed by atoms with van der Waals surface area (Å²) in [6, 6.07) is -1.21. The minimum absolute atomic E-state index is 0.0382. The summed E-state index contributed by atoms with van der Waals surface area (Å²) in [6.45, 7) is 14.2. The quantitative estimate of drug-likeness (QED) is 0.199. The van der Waals surface area contributed by atoms with Gasteiger partial charge in [-0.3, -0.25) is 19.3 Å². The number of amides is 2. The smallest absolute Gasteiger partial charge is 0.310 e. The van der Waals surface area contributed by atoms with E-state index in [1.807, 2.05) is 6.92 Å². The Morgan fingerprint density at radius 2 is 2.08 bits per heavy atom. The van der Waals surface area contributed by atoms with Crippen molar-refractivity contribution in [3.05, 3.63) is 25.3 Å². The molecule has 4 fully saturated rings. The molecule has 0 saturated carbocycles. The molecule has 4 saturated heterocycles. The number of aliphatic hydroxyl groups excluding tert-OH is 1. The molecule has 0 aromatic carbocycles. The van der Waals surface area contributed by atoms with Crippen LogP contribution < -0.4 is 0 Å². The number of hydrogen-bond acceptors (Lipinski definition) is 8. The van der Waals surface area contributed by atoms with E-state index in [9.17, 15) is 19.5 Å². The van der Waals surface area contributed by atoms with Crippen LogP contribution in [0.2, 0.25) is 0 Å². The molecular formula is C28H43N3O6S. The highest BCUT2D eigenvalue weighted by atomic mass is 32.2. The number of likely N-dealkylation sites (tertiary alicyclic amines) is 1. The highest BCUT2D eigenvalue weighted by Crippen LogP contribution is 2.67. The third-order valence-corrected chi connectivity index (χ3v) is 10.5. The lowest BCUT2D eigenvalue weighted by Gasteiger charge is -2.40. The Morgan fingerprint density at radius 1 is 1.32 bits per heavy atom. The highest BCUT2D eigenvalue weighted by Gasteiger charge is 2.74. The Kier molecular flexibility index (Phi) is 9.95. The fourth-order valence-electron chi connectivity index (χ4n) is 6.65. The molecule has 4 aliphatic heterocycles. The van der Waals surface area contributed by atoms with Gasteiger partial charge in [-0.25, -0.2) is 0 Å². The molecule has 212 valence electrons. The van der Waals surface area contributed by atoms with E-state index in [0.29, 0.717) is 58.7 Å². The van der Waals surface area contributed by atoms with E-state index in [4.69, 9.17) is 9.47 Å². The van der Waals surface area contributed by atoms with E-state index in [2.05, 4.69) is 18.1 Å². The van der Waals surface area contributed by atoms with Gasteiger partial charge in [0.2, 0.25) is 11.8 Å². The molecule has 0 aliphatic carbocycles. The van der Waals surface area contributed by atoms with Crippen molar-refractivity contribution in [3.8, 4) is 0 Å². The summed E-state index contributed by atoms with van der Waals surface area (Å²) in [6.07, 6.45) is 6.94. The molecule has 2 unspecified atom stereocenters. The number of hydrogen-bond donors (Lipinski definition) is 1. The van der Waals surface area contributed by atoms with Gasteiger partial charge >= 0.3 is 5.97 Å². The van der Waals surface area contributed by atoms with Crippen molar-refractivity contribution < 1.29 is 29.0 Å². The number of allylic oxidation sites excluding steroid dienone is 1. The Bertz CT molecular complexity index is 892. The monoisotopic (exact) mass is 549 g/mol. The Hall–Kier alpha value is -1.88. The second-order valence-corrected chi connectivity index (χ2v) is 12.3. The lowest BCUT2D eigenvalue weighted by atomic mass is 9.71. The number of thioether (sulfide) groups is 1. The average molecular weight is 550 g/mol. The second-order valence-electron chi connectivity index (χ2n) is 10.7. The van der Waals surface area contributed by atoms with Crippen LogP contribution in [0, 0.1) is 11.8 Å². The molecule has 0 radical (unpaired) electrons. The lowest BCUT2D eigenvalue weighted by Crippen LogP contribution is -2.58. The van der Waals surface area contributed by atoms with Gasteiger partial charge in [-0.2, -0.15) is 0 Å². The molecule has 1 spiro atoms. The molecule has 4 rings (SSSR count). The fourth-order valence-corrected chi connectivity index (χ4v) is 8.84. The number of ether oxygens (including phenoxy) is 2. The molecule has 4 heterocycles. The molecule has 2 bridgehead atoms. The van der Waals surface area contributed by atoms with Gasteiger partial charge in [0.05, 0.1) is 49.1 Å². The molecular weight excluding hydrogens is 506 g/mol. The number of esters is 1. The number of carbonyl (C=O) groups is 3. The predicted octanol–water partition coefficient (Wildman–Crippen LogP) is 1.70. The van der Waals surface area contributed by atoms with Crippen molar-refractivity contribution in [2.45, 2.75) is 61.1 Å². The zero-order valence-corrected chi connectivity index (χ0v) is 23.4. The van der Waals surface area contributed by atoms with Gasteiger partial charge in [-0.1, -0.05) is 19.1 Å². The summed E-state index contributed by atoms with van der Waals surface area (Å²) >= 11 is 1.63. The maximum atomic E-state index is 14.4. The molecule has 4 aliphatic rings. The van der Waals surface area contributed by atoms with E-state index >= 15 is 0 Å². The fraction of sp³-hybridized carbons (Fsp3) is 0.750. The summed E-state index contributed by atoms with van der Waals surface area (Å²) in [5.74, 6) is -1.83. The van der Waals surface area contributed by atoms with E-state index < -0.39 is 28.7 Å². The van der Waals surface area contributed by atoms with Crippen LogP contribution in [0.4, 0.5) is 0 Å². The first-order chi connectivity index (χ1) is 18.4. The molecule has 0 aromatic heterocycles. The van der Waals surface area contributed by atoms with Crippen molar-refractivity contribution in [2.24, 2.45) is 11.8 Å². The van der Waals surface area contributed by atoms with Gasteiger partial charge in [0.25, 0.3) is 0 Å². The molecule has 2 amide bonds. The van der Waals surface area contributed by atoms with Gasteiger partial charge in [0.1, 0.15) is 6.04 Å². The van der Waals surface area contributed by atoms with E-state index in [1.165, 1.54) is 0 Å². The van der Waals surface area contributed by atoms with Gasteiger partial charge in [-0.15, -0.1) is 24.9 Å². The van der Waals surface area contributed by atoms with Crippen LogP contribution in [0.15, 0.2) is 25.3 Å². The standard InChI is InChI=1S/C28H43N3O6S/c1-4-7-8-16-37-27(35)22-21-9-10-28(38-21)23(22)25(33)31(20(6-3)19-32)24(28)26(34)30(11-5-2)13-12-29-14-17-36-18-15-29/h4-5,20-24,32H,1-2,6-19H2,3H3/t20-,21-,22+,23-,24?,28?/m0/s1. The third-order valence-electron chi connectivity index (χ3n) is 8.57. The Labute approximate surface area is 230 Å². The third kappa shape index (κ3) is 5.42. The molecule has 38 heavy (non-hydrogen) atoms. The van der Waals surface area contributed by atoms with Crippen molar-refractivity contribution in [3.63, 3.8) is 0 Å². The van der Waals surface area contributed by atoms with Gasteiger partial charge in [-0.05, 0) is 32.1 Å². The maximum Gasteiger partial charge on any atom is 0.310 e. The molecule has 9 nitrogen and oxygen atoms in total. The average Bonchev–Trinajstić information content (AvgIpc) is 3.58. The summed E-state index contributed by atoms with van der Waals surface area (Å²) in [5.41, 5.74) is 0. The molecule has 0 aromatic rings. The van der Waals surface area contributed by atoms with E-state index in [-0.39, 0.29) is 29.6 Å². The largest absolute Gasteiger partial charge is 0.465 e. The number of carbonyl (C=O) groups excluding carboxylic acids is 3.